The van der Waals surface area contributed by atoms with Crippen molar-refractivity contribution in [3.63, 3.8) is 0 Å². The van der Waals surface area contributed by atoms with Crippen LogP contribution in [-0.4, -0.2) is 11.6 Å². The number of rotatable bonds is 2. The van der Waals surface area contributed by atoms with Crippen molar-refractivity contribution >= 4 is 11.6 Å². The second-order valence-electron chi connectivity index (χ2n) is 6.88. The lowest BCUT2D eigenvalue weighted by Gasteiger charge is -2.22. The Bertz CT molecular complexity index is 795. The van der Waals surface area contributed by atoms with Gasteiger partial charge in [-0.25, -0.2) is 0 Å². The Kier molecular flexibility index (Phi) is 4.05. The fourth-order valence-corrected chi connectivity index (χ4v) is 4.05. The number of hydrogen-bond acceptors (Lipinski definition) is 2. The Morgan fingerprint density at radius 3 is 2.38 bits per heavy atom. The van der Waals surface area contributed by atoms with Crippen LogP contribution in [-0.2, 0) is 6.42 Å². The van der Waals surface area contributed by atoms with Crippen LogP contribution in [0.2, 0.25) is 0 Å². The van der Waals surface area contributed by atoms with Crippen LogP contribution in [0, 0.1) is 12.3 Å². The molecule has 0 heterocycles. The van der Waals surface area contributed by atoms with E-state index < -0.39 is 0 Å². The third-order valence-corrected chi connectivity index (χ3v) is 5.30. The second-order valence-corrected chi connectivity index (χ2v) is 6.88. The van der Waals surface area contributed by atoms with E-state index in [2.05, 4.69) is 6.42 Å². The minimum Gasteiger partial charge on any atom is -0.289 e. The molecular weight excluding hydrogens is 296 g/mol. The molecule has 2 heteroatoms. The van der Waals surface area contributed by atoms with E-state index in [4.69, 9.17) is 0 Å². The van der Waals surface area contributed by atoms with Crippen LogP contribution < -0.4 is 0 Å². The van der Waals surface area contributed by atoms with E-state index in [0.717, 1.165) is 18.4 Å². The minimum atomic E-state index is -0.0214. The molecule has 1 radical (unpaired) electrons. The van der Waals surface area contributed by atoms with Crippen LogP contribution in [0.3, 0.4) is 0 Å². The van der Waals surface area contributed by atoms with Crippen molar-refractivity contribution in [1.29, 1.82) is 0 Å². The summed E-state index contributed by atoms with van der Waals surface area (Å²) in [4.78, 5) is 25.8. The highest BCUT2D eigenvalue weighted by Gasteiger charge is 2.31. The molecule has 1 unspecified atom stereocenters. The van der Waals surface area contributed by atoms with E-state index in [0.29, 0.717) is 28.2 Å². The van der Waals surface area contributed by atoms with Gasteiger partial charge < -0.3 is 0 Å². The van der Waals surface area contributed by atoms with Gasteiger partial charge in [0.15, 0.2) is 11.6 Å². The summed E-state index contributed by atoms with van der Waals surface area (Å²) < 4.78 is 0. The summed E-state index contributed by atoms with van der Waals surface area (Å²) in [6.07, 6.45) is 9.45. The Hall–Kier alpha value is -2.22. The molecular formula is C22H21O2. The van der Waals surface area contributed by atoms with Gasteiger partial charge in [-0.2, -0.15) is 0 Å². The highest BCUT2D eigenvalue weighted by molar-refractivity contribution is 6.28. The van der Waals surface area contributed by atoms with E-state index in [1.54, 1.807) is 18.2 Å². The Morgan fingerprint density at radius 1 is 0.792 bits per heavy atom. The number of ketones is 2. The zero-order valence-corrected chi connectivity index (χ0v) is 13.8. The number of hydrogen-bond donors (Lipinski definition) is 0. The Labute approximate surface area is 142 Å². The average Bonchev–Trinajstić information content (AvgIpc) is 2.88. The number of fused-ring (bicyclic) bond motifs is 2. The molecule has 2 aromatic rings. The molecule has 1 fully saturated rings. The summed E-state index contributed by atoms with van der Waals surface area (Å²) in [7, 11) is 0. The Balaban J connectivity index is 1.74. The van der Waals surface area contributed by atoms with Gasteiger partial charge in [0.2, 0.25) is 0 Å². The summed E-state index contributed by atoms with van der Waals surface area (Å²) in [6.45, 7) is 0. The quantitative estimate of drug-likeness (QED) is 0.637. The van der Waals surface area contributed by atoms with E-state index in [-0.39, 0.29) is 11.6 Å². The van der Waals surface area contributed by atoms with Crippen molar-refractivity contribution in [2.75, 3.05) is 0 Å². The maximum Gasteiger partial charge on any atom is 0.194 e. The highest BCUT2D eigenvalue weighted by Crippen LogP contribution is 2.32. The molecule has 2 aliphatic rings. The van der Waals surface area contributed by atoms with E-state index in [1.807, 2.05) is 24.3 Å². The average molecular weight is 317 g/mol. The van der Waals surface area contributed by atoms with Gasteiger partial charge in [-0.15, -0.1) is 0 Å². The van der Waals surface area contributed by atoms with Crippen LogP contribution >= 0.6 is 0 Å². The van der Waals surface area contributed by atoms with Gasteiger partial charge in [0.1, 0.15) is 0 Å². The molecule has 0 aliphatic heterocycles. The van der Waals surface area contributed by atoms with Crippen LogP contribution in [0.15, 0.2) is 42.5 Å². The summed E-state index contributed by atoms with van der Waals surface area (Å²) in [6, 6.07) is 12.9. The topological polar surface area (TPSA) is 34.1 Å². The molecule has 2 aliphatic carbocycles. The van der Waals surface area contributed by atoms with Crippen molar-refractivity contribution in [3.8, 4) is 0 Å². The summed E-state index contributed by atoms with van der Waals surface area (Å²) in [5.74, 6) is 0.496. The molecule has 0 N–H and O–H groups in total. The SMILES string of the molecule is O=C1c2ccccc2C(=O)c2c(CC3[CH]CCCCC3)cccc21. The van der Waals surface area contributed by atoms with Crippen LogP contribution in [0.1, 0.15) is 69.5 Å². The van der Waals surface area contributed by atoms with Gasteiger partial charge in [-0.1, -0.05) is 61.7 Å². The predicted octanol–water partition coefficient (Wildman–Crippen LogP) is 4.79. The number of carbonyl (C=O) groups excluding carboxylic acids is 2. The van der Waals surface area contributed by atoms with E-state index >= 15 is 0 Å². The molecule has 0 bridgehead atoms. The first-order valence-corrected chi connectivity index (χ1v) is 8.89. The lowest BCUT2D eigenvalue weighted by atomic mass is 9.79. The van der Waals surface area contributed by atoms with Crippen molar-refractivity contribution in [1.82, 2.24) is 0 Å². The van der Waals surface area contributed by atoms with Crippen LogP contribution in [0.4, 0.5) is 0 Å². The van der Waals surface area contributed by atoms with Gasteiger partial charge in [-0.3, -0.25) is 9.59 Å². The van der Waals surface area contributed by atoms with Gasteiger partial charge in [0, 0.05) is 22.3 Å². The molecule has 0 saturated heterocycles. The van der Waals surface area contributed by atoms with Crippen molar-refractivity contribution < 1.29 is 9.59 Å². The van der Waals surface area contributed by atoms with Crippen molar-refractivity contribution in [3.05, 3.63) is 76.7 Å². The Morgan fingerprint density at radius 2 is 1.54 bits per heavy atom. The molecule has 1 saturated carbocycles. The zero-order valence-electron chi connectivity index (χ0n) is 13.8. The monoisotopic (exact) mass is 317 g/mol. The molecule has 121 valence electrons. The second kappa shape index (κ2) is 6.35. The number of carbonyl (C=O) groups is 2. The molecule has 0 amide bonds. The van der Waals surface area contributed by atoms with Gasteiger partial charge in [0.05, 0.1) is 0 Å². The van der Waals surface area contributed by atoms with Crippen LogP contribution in [0.25, 0.3) is 0 Å². The third-order valence-electron chi connectivity index (χ3n) is 5.30. The van der Waals surface area contributed by atoms with Crippen molar-refractivity contribution in [2.24, 2.45) is 5.92 Å². The van der Waals surface area contributed by atoms with Gasteiger partial charge >= 0.3 is 0 Å². The number of benzene rings is 2. The maximum atomic E-state index is 13.0. The molecule has 1 atom stereocenters. The highest BCUT2D eigenvalue weighted by atomic mass is 16.1. The fourth-order valence-electron chi connectivity index (χ4n) is 4.05. The zero-order chi connectivity index (χ0) is 16.5. The summed E-state index contributed by atoms with van der Waals surface area (Å²) in [5, 5.41) is 0. The summed E-state index contributed by atoms with van der Waals surface area (Å²) in [5.41, 5.74) is 3.33. The third kappa shape index (κ3) is 2.60. The standard InChI is InChI=1S/C22H21O2/c23-21-17-11-5-6-12-18(17)22(24)20-16(10-7-13-19(20)21)14-15-8-3-1-2-4-9-15/h5-8,10-13,15H,1-4,9,14H2. The molecule has 2 nitrogen and oxygen atoms in total. The van der Waals surface area contributed by atoms with Crippen molar-refractivity contribution in [2.45, 2.75) is 38.5 Å². The first kappa shape index (κ1) is 15.3. The molecule has 0 aromatic heterocycles. The first-order valence-electron chi connectivity index (χ1n) is 8.89. The van der Waals surface area contributed by atoms with E-state index in [1.165, 1.54) is 25.7 Å². The van der Waals surface area contributed by atoms with Crippen LogP contribution in [0.5, 0.6) is 0 Å². The van der Waals surface area contributed by atoms with Gasteiger partial charge in [-0.05, 0) is 37.2 Å². The summed E-state index contributed by atoms with van der Waals surface area (Å²) >= 11 is 0. The predicted molar refractivity (Wildman–Crippen MR) is 94.3 cm³/mol. The molecule has 4 rings (SSSR count). The normalized spacial score (nSPS) is 18.0. The fraction of sp³-hybridized carbons (Fsp3) is 0.318. The lowest BCUT2D eigenvalue weighted by molar-refractivity contribution is 0.0978. The van der Waals surface area contributed by atoms with Gasteiger partial charge in [0.25, 0.3) is 0 Å². The molecule has 2 aromatic carbocycles. The molecule has 0 spiro atoms. The van der Waals surface area contributed by atoms with E-state index in [9.17, 15) is 9.59 Å². The smallest absolute Gasteiger partial charge is 0.194 e. The molecule has 24 heavy (non-hydrogen) atoms. The lowest BCUT2D eigenvalue weighted by Crippen LogP contribution is -2.23. The largest absolute Gasteiger partial charge is 0.289 e. The minimum absolute atomic E-state index is 0.00409. The first-order chi connectivity index (χ1) is 11.8. The maximum absolute atomic E-state index is 13.0.